The molecule has 0 bridgehead atoms. The van der Waals surface area contributed by atoms with Crippen molar-refractivity contribution in [3.63, 3.8) is 0 Å². The molecular weight excluding hydrogens is 437 g/mol. The number of allylic oxidation sites excluding steroid dienone is 1. The van der Waals surface area contributed by atoms with E-state index < -0.39 is 58.7 Å². The second-order valence-electron chi connectivity index (χ2n) is 8.17. The predicted molar refractivity (Wildman–Crippen MR) is 110 cm³/mol. The summed E-state index contributed by atoms with van der Waals surface area (Å²) in [5.74, 6) is -3.86. The van der Waals surface area contributed by atoms with E-state index in [0.717, 1.165) is 6.07 Å². The third kappa shape index (κ3) is 5.49. The van der Waals surface area contributed by atoms with Crippen LogP contribution in [0, 0.1) is 11.7 Å². The number of rotatable bonds is 7. The standard InChI is InChI=1S/C22H24FN3O7/c23-17-6-2-1-5-16(17)20(30)25-10-13-4-3-7-18(28)26(11-13,22(24)32)12-15(27)8-14-9-19(29)33-21(14)31/h1-2,4-6,14,21,31H,3,7-12H2,(H2-,24,25,30,32)/p+1/t14?,21?,26-/m1/s1. The molecule has 1 aromatic carbocycles. The Hall–Kier alpha value is -3.44. The number of nitrogens with two attached hydrogens (primary N) is 1. The number of carbonyl (C=O) groups excluding carboxylic acids is 5. The smallest absolute Gasteiger partial charge is 0.422 e. The Morgan fingerprint density at radius 3 is 2.61 bits per heavy atom. The fraction of sp³-hybridized carbons (Fsp3) is 0.409. The van der Waals surface area contributed by atoms with Crippen LogP contribution in [0.15, 0.2) is 35.9 Å². The summed E-state index contributed by atoms with van der Waals surface area (Å²) in [7, 11) is 0. The summed E-state index contributed by atoms with van der Waals surface area (Å²) in [6.07, 6.45) is 0.0672. The topological polar surface area (TPSA) is 153 Å². The number of amides is 4. The minimum Gasteiger partial charge on any atom is -0.436 e. The summed E-state index contributed by atoms with van der Waals surface area (Å²) >= 11 is 0. The summed E-state index contributed by atoms with van der Waals surface area (Å²) in [5.41, 5.74) is 5.90. The normalized spacial score (nSPS) is 25.1. The Balaban J connectivity index is 1.72. The highest BCUT2D eigenvalue weighted by molar-refractivity contribution is 5.94. The number of primary amides is 1. The number of aliphatic hydroxyl groups is 1. The largest absolute Gasteiger partial charge is 0.436 e. The maximum Gasteiger partial charge on any atom is 0.422 e. The summed E-state index contributed by atoms with van der Waals surface area (Å²) in [5, 5.41) is 12.3. The number of carbonyl (C=O) groups is 5. The zero-order chi connectivity index (χ0) is 24.2. The lowest BCUT2D eigenvalue weighted by Gasteiger charge is -2.31. The molecule has 2 aliphatic heterocycles. The van der Waals surface area contributed by atoms with Gasteiger partial charge in [-0.2, -0.15) is 4.48 Å². The lowest BCUT2D eigenvalue weighted by molar-refractivity contribution is -0.758. The van der Waals surface area contributed by atoms with E-state index in [1.54, 1.807) is 6.08 Å². The Kier molecular flexibility index (Phi) is 7.34. The molecule has 0 radical (unpaired) electrons. The quantitative estimate of drug-likeness (QED) is 0.304. The van der Waals surface area contributed by atoms with E-state index in [2.05, 4.69) is 10.1 Å². The number of cyclic esters (lactones) is 1. The van der Waals surface area contributed by atoms with Crippen LogP contribution in [0.1, 0.15) is 36.0 Å². The Morgan fingerprint density at radius 2 is 1.97 bits per heavy atom. The average Bonchev–Trinajstić information content (AvgIpc) is 2.97. The molecule has 33 heavy (non-hydrogen) atoms. The van der Waals surface area contributed by atoms with E-state index in [-0.39, 0.29) is 44.3 Å². The first-order chi connectivity index (χ1) is 15.6. The summed E-state index contributed by atoms with van der Waals surface area (Å²) in [6.45, 7) is -0.865. The second kappa shape index (κ2) is 10.0. The Morgan fingerprint density at radius 1 is 1.24 bits per heavy atom. The van der Waals surface area contributed by atoms with E-state index in [1.165, 1.54) is 18.2 Å². The Labute approximate surface area is 188 Å². The van der Waals surface area contributed by atoms with Gasteiger partial charge in [-0.15, -0.1) is 0 Å². The van der Waals surface area contributed by atoms with Crippen molar-refractivity contribution >= 4 is 29.6 Å². The number of urea groups is 1. The molecule has 3 atom stereocenters. The minimum atomic E-state index is -1.42. The molecule has 0 spiro atoms. The fourth-order valence-corrected chi connectivity index (χ4v) is 4.02. The van der Waals surface area contributed by atoms with Crippen molar-refractivity contribution < 1.29 is 42.7 Å². The van der Waals surface area contributed by atoms with Gasteiger partial charge < -0.3 is 20.9 Å². The molecule has 4 amide bonds. The number of benzene rings is 1. The molecule has 0 aromatic heterocycles. The van der Waals surface area contributed by atoms with Gasteiger partial charge in [0.25, 0.3) is 5.91 Å². The number of halogens is 1. The first kappa shape index (κ1) is 24.2. The predicted octanol–water partition coefficient (Wildman–Crippen LogP) is 0.538. The SMILES string of the molecule is NC(=O)[N@@+]1(CC(=O)CC2CC(=O)OC2O)CC(CNC(=O)c2ccccc2F)=CCCC1=O. The van der Waals surface area contributed by atoms with Gasteiger partial charge in [0.05, 0.1) is 18.4 Å². The Bertz CT molecular complexity index is 1020. The average molecular weight is 462 g/mol. The lowest BCUT2D eigenvalue weighted by atomic mass is 9.99. The van der Waals surface area contributed by atoms with Crippen LogP contribution < -0.4 is 11.1 Å². The summed E-state index contributed by atoms with van der Waals surface area (Å²) in [6, 6.07) is 4.42. The van der Waals surface area contributed by atoms with Gasteiger partial charge in [-0.25, -0.2) is 14.0 Å². The highest BCUT2D eigenvalue weighted by Crippen LogP contribution is 2.26. The van der Waals surface area contributed by atoms with Crippen molar-refractivity contribution in [1.29, 1.82) is 0 Å². The van der Waals surface area contributed by atoms with E-state index in [0.29, 0.717) is 5.57 Å². The number of esters is 1. The van der Waals surface area contributed by atoms with E-state index in [1.807, 2.05) is 0 Å². The first-order valence-electron chi connectivity index (χ1n) is 10.4. The van der Waals surface area contributed by atoms with Crippen molar-refractivity contribution in [2.24, 2.45) is 11.7 Å². The number of aliphatic hydroxyl groups excluding tert-OH is 1. The minimum absolute atomic E-state index is 0.0470. The van der Waals surface area contributed by atoms with Gasteiger partial charge in [0, 0.05) is 24.5 Å². The van der Waals surface area contributed by atoms with Crippen LogP contribution in [-0.4, -0.2) is 65.1 Å². The highest BCUT2D eigenvalue weighted by Gasteiger charge is 2.47. The molecule has 2 aliphatic rings. The molecule has 1 fully saturated rings. The molecular formula is C22H25FN3O7+. The number of Topliss-reactive ketones (excluding diaryl/α,β-unsaturated/α-hetero) is 1. The van der Waals surface area contributed by atoms with Crippen LogP contribution in [0.4, 0.5) is 9.18 Å². The van der Waals surface area contributed by atoms with Crippen LogP contribution in [0.3, 0.4) is 0 Å². The number of ketones is 1. The molecule has 2 heterocycles. The maximum absolute atomic E-state index is 13.8. The molecule has 3 rings (SSSR count). The third-order valence-electron chi connectivity index (χ3n) is 5.78. The number of imide groups is 1. The van der Waals surface area contributed by atoms with Crippen molar-refractivity contribution in [1.82, 2.24) is 5.32 Å². The number of ether oxygens (including phenoxy) is 1. The number of nitrogens with one attached hydrogen (secondary N) is 1. The summed E-state index contributed by atoms with van der Waals surface area (Å²) < 4.78 is 17.5. The van der Waals surface area contributed by atoms with Crippen LogP contribution in [0.25, 0.3) is 0 Å². The lowest BCUT2D eigenvalue weighted by Crippen LogP contribution is -2.62. The second-order valence-corrected chi connectivity index (χ2v) is 8.17. The number of quaternary nitrogens is 1. The van der Waals surface area contributed by atoms with Crippen LogP contribution in [0.5, 0.6) is 0 Å². The van der Waals surface area contributed by atoms with Crippen molar-refractivity contribution in [2.75, 3.05) is 19.6 Å². The van der Waals surface area contributed by atoms with Crippen LogP contribution >= 0.6 is 0 Å². The van der Waals surface area contributed by atoms with Crippen LogP contribution in [0.2, 0.25) is 0 Å². The molecule has 1 saturated heterocycles. The van der Waals surface area contributed by atoms with E-state index in [9.17, 15) is 33.5 Å². The van der Waals surface area contributed by atoms with Crippen molar-refractivity contribution in [3.8, 4) is 0 Å². The van der Waals surface area contributed by atoms with E-state index in [4.69, 9.17) is 5.73 Å². The van der Waals surface area contributed by atoms with Crippen molar-refractivity contribution in [2.45, 2.75) is 32.0 Å². The van der Waals surface area contributed by atoms with Gasteiger partial charge in [0.1, 0.15) is 12.4 Å². The molecule has 176 valence electrons. The summed E-state index contributed by atoms with van der Waals surface area (Å²) in [4.78, 5) is 61.6. The number of nitrogens with zero attached hydrogens (tertiary/aromatic N) is 1. The molecule has 1 aromatic rings. The highest BCUT2D eigenvalue weighted by atomic mass is 19.1. The molecule has 11 heteroatoms. The third-order valence-corrected chi connectivity index (χ3v) is 5.78. The molecule has 4 N–H and O–H groups in total. The number of hydrogen-bond acceptors (Lipinski definition) is 7. The zero-order valence-corrected chi connectivity index (χ0v) is 17.8. The van der Waals surface area contributed by atoms with Gasteiger partial charge in [-0.3, -0.25) is 14.4 Å². The molecule has 10 nitrogen and oxygen atoms in total. The maximum atomic E-state index is 13.8. The number of hydrogen-bond donors (Lipinski definition) is 3. The monoisotopic (exact) mass is 462 g/mol. The van der Waals surface area contributed by atoms with Crippen LogP contribution in [-0.2, 0) is 19.1 Å². The van der Waals surface area contributed by atoms with Gasteiger partial charge in [0.15, 0.2) is 12.3 Å². The van der Waals surface area contributed by atoms with Gasteiger partial charge in [-0.05, 0) is 18.6 Å². The van der Waals surface area contributed by atoms with Gasteiger partial charge in [-0.1, -0.05) is 18.2 Å². The molecule has 0 aliphatic carbocycles. The van der Waals surface area contributed by atoms with Crippen molar-refractivity contribution in [3.05, 3.63) is 47.3 Å². The van der Waals surface area contributed by atoms with Gasteiger partial charge in [0.2, 0.25) is 6.29 Å². The molecule has 2 unspecified atom stereocenters. The molecule has 0 saturated carbocycles. The fourth-order valence-electron chi connectivity index (χ4n) is 4.02. The van der Waals surface area contributed by atoms with E-state index >= 15 is 0 Å². The van der Waals surface area contributed by atoms with Gasteiger partial charge >= 0.3 is 17.9 Å². The first-order valence-corrected chi connectivity index (χ1v) is 10.4. The zero-order valence-electron chi connectivity index (χ0n) is 17.8.